The zero-order valence-electron chi connectivity index (χ0n) is 11.9. The highest BCUT2D eigenvalue weighted by Crippen LogP contribution is 2.29. The van der Waals surface area contributed by atoms with Crippen LogP contribution in [0.25, 0.3) is 0 Å². The molecule has 1 N–H and O–H groups in total. The number of hydrogen-bond donors (Lipinski definition) is 1. The molecule has 1 amide bonds. The van der Waals surface area contributed by atoms with E-state index in [1.165, 1.54) is 37.4 Å². The summed E-state index contributed by atoms with van der Waals surface area (Å²) in [6, 6.07) is 7.88. The van der Waals surface area contributed by atoms with Crippen LogP contribution in [0.15, 0.2) is 36.4 Å². The highest BCUT2D eigenvalue weighted by atomic mass is 19.1. The van der Waals surface area contributed by atoms with Crippen LogP contribution in [-0.4, -0.2) is 17.9 Å². The Morgan fingerprint density at radius 2 is 2.00 bits per heavy atom. The number of aryl methyl sites for hydroxylation is 1. The minimum atomic E-state index is -0.585. The number of carbonyl (C=O) groups excluding carboxylic acids is 1. The molecule has 0 atom stereocenters. The van der Waals surface area contributed by atoms with Gasteiger partial charge in [0.1, 0.15) is 11.6 Å². The van der Waals surface area contributed by atoms with Crippen molar-refractivity contribution in [2.45, 2.75) is 6.92 Å². The fourth-order valence-corrected chi connectivity index (χ4v) is 1.84. The Kier molecular flexibility index (Phi) is 4.36. The Hall–Kier alpha value is -2.96. The minimum Gasteiger partial charge on any atom is -0.495 e. The zero-order valence-corrected chi connectivity index (χ0v) is 11.9. The van der Waals surface area contributed by atoms with Crippen molar-refractivity contribution in [2.24, 2.45) is 0 Å². The zero-order chi connectivity index (χ0) is 16.3. The number of ether oxygens (including phenoxy) is 1. The van der Waals surface area contributed by atoms with E-state index in [2.05, 4.69) is 5.32 Å². The number of non-ortho nitro benzene ring substituents is 1. The summed E-state index contributed by atoms with van der Waals surface area (Å²) >= 11 is 0. The van der Waals surface area contributed by atoms with E-state index in [0.717, 1.165) is 6.07 Å². The van der Waals surface area contributed by atoms with E-state index >= 15 is 0 Å². The van der Waals surface area contributed by atoms with Crippen LogP contribution in [0.3, 0.4) is 0 Å². The minimum absolute atomic E-state index is 0.108. The van der Waals surface area contributed by atoms with Crippen molar-refractivity contribution in [1.82, 2.24) is 0 Å². The van der Waals surface area contributed by atoms with Crippen molar-refractivity contribution < 1.29 is 18.8 Å². The first-order valence-corrected chi connectivity index (χ1v) is 6.32. The molecule has 0 aliphatic carbocycles. The first-order valence-electron chi connectivity index (χ1n) is 6.32. The predicted molar refractivity (Wildman–Crippen MR) is 78.7 cm³/mol. The first kappa shape index (κ1) is 15.4. The lowest BCUT2D eigenvalue weighted by Crippen LogP contribution is -2.13. The Balaban J connectivity index is 2.32. The Morgan fingerprint density at radius 3 is 2.59 bits per heavy atom. The molecule has 0 bridgehead atoms. The van der Waals surface area contributed by atoms with Crippen LogP contribution in [0.2, 0.25) is 0 Å². The molecule has 0 aliphatic heterocycles. The first-order chi connectivity index (χ1) is 10.4. The van der Waals surface area contributed by atoms with Gasteiger partial charge in [-0.15, -0.1) is 0 Å². The summed E-state index contributed by atoms with van der Waals surface area (Å²) < 4.78 is 18.5. The monoisotopic (exact) mass is 304 g/mol. The number of benzene rings is 2. The predicted octanol–water partition coefficient (Wildman–Crippen LogP) is 3.30. The summed E-state index contributed by atoms with van der Waals surface area (Å²) in [5.74, 6) is -0.817. The van der Waals surface area contributed by atoms with E-state index in [1.54, 1.807) is 6.92 Å². The number of hydrogen-bond acceptors (Lipinski definition) is 4. The third-order valence-electron chi connectivity index (χ3n) is 3.08. The van der Waals surface area contributed by atoms with Gasteiger partial charge in [-0.25, -0.2) is 4.39 Å². The number of halogens is 1. The van der Waals surface area contributed by atoms with Crippen molar-refractivity contribution in [3.8, 4) is 5.75 Å². The topological polar surface area (TPSA) is 81.5 Å². The molecule has 2 aromatic rings. The van der Waals surface area contributed by atoms with Crippen molar-refractivity contribution in [3.63, 3.8) is 0 Å². The highest BCUT2D eigenvalue weighted by Gasteiger charge is 2.15. The van der Waals surface area contributed by atoms with Crippen molar-refractivity contribution >= 4 is 17.3 Å². The number of carbonyl (C=O) groups is 1. The summed E-state index contributed by atoms with van der Waals surface area (Å²) in [5.41, 5.74) is 0.481. The van der Waals surface area contributed by atoms with Crippen molar-refractivity contribution in [2.75, 3.05) is 12.4 Å². The third kappa shape index (κ3) is 3.20. The molecule has 0 aromatic heterocycles. The van der Waals surface area contributed by atoms with Gasteiger partial charge in [-0.1, -0.05) is 6.07 Å². The van der Waals surface area contributed by atoms with Gasteiger partial charge in [-0.2, -0.15) is 0 Å². The largest absolute Gasteiger partial charge is 0.495 e. The number of nitrogens with zero attached hydrogens (tertiary/aromatic N) is 1. The number of methoxy groups -OCH3 is 1. The number of anilines is 1. The van der Waals surface area contributed by atoms with Gasteiger partial charge < -0.3 is 10.1 Å². The molecule has 0 radical (unpaired) electrons. The molecule has 0 heterocycles. The van der Waals surface area contributed by atoms with Gasteiger partial charge in [0.25, 0.3) is 11.6 Å². The van der Waals surface area contributed by atoms with E-state index in [4.69, 9.17) is 4.74 Å². The van der Waals surface area contributed by atoms with E-state index in [9.17, 15) is 19.3 Å². The molecular weight excluding hydrogens is 291 g/mol. The van der Waals surface area contributed by atoms with Gasteiger partial charge in [0.15, 0.2) is 0 Å². The molecule has 0 fully saturated rings. The quantitative estimate of drug-likeness (QED) is 0.694. The second kappa shape index (κ2) is 6.21. The fraction of sp³-hybridized carbons (Fsp3) is 0.133. The average Bonchev–Trinajstić information content (AvgIpc) is 2.49. The summed E-state index contributed by atoms with van der Waals surface area (Å²) in [6.45, 7) is 1.58. The molecule has 0 saturated heterocycles. The van der Waals surface area contributed by atoms with Crippen LogP contribution in [0.5, 0.6) is 5.75 Å². The lowest BCUT2D eigenvalue weighted by molar-refractivity contribution is -0.384. The maximum atomic E-state index is 13.5. The lowest BCUT2D eigenvalue weighted by atomic mass is 10.1. The summed E-state index contributed by atoms with van der Waals surface area (Å²) in [4.78, 5) is 22.3. The van der Waals surface area contributed by atoms with Crippen LogP contribution in [0.1, 0.15) is 15.9 Å². The number of rotatable bonds is 4. The molecule has 0 unspecified atom stereocenters. The highest BCUT2D eigenvalue weighted by molar-refractivity contribution is 6.05. The second-order valence-corrected chi connectivity index (χ2v) is 4.56. The molecule has 0 aliphatic rings. The molecule has 0 saturated carbocycles. The van der Waals surface area contributed by atoms with Crippen LogP contribution in [0, 0.1) is 22.9 Å². The second-order valence-electron chi connectivity index (χ2n) is 4.56. The van der Waals surface area contributed by atoms with Crippen molar-refractivity contribution in [3.05, 3.63) is 63.5 Å². The van der Waals surface area contributed by atoms with E-state index in [0.29, 0.717) is 5.56 Å². The molecule has 114 valence electrons. The number of nitro groups is 1. The van der Waals surface area contributed by atoms with E-state index in [1.807, 2.05) is 0 Å². The van der Waals surface area contributed by atoms with Crippen LogP contribution in [-0.2, 0) is 0 Å². The molecule has 2 rings (SSSR count). The number of nitrogens with one attached hydrogen (secondary N) is 1. The molecule has 7 heteroatoms. The fourth-order valence-electron chi connectivity index (χ4n) is 1.84. The smallest absolute Gasteiger partial charge is 0.271 e. The van der Waals surface area contributed by atoms with Crippen molar-refractivity contribution in [1.29, 1.82) is 0 Å². The normalized spacial score (nSPS) is 10.1. The van der Waals surface area contributed by atoms with Gasteiger partial charge in [0.05, 0.1) is 17.7 Å². The maximum absolute atomic E-state index is 13.5. The SMILES string of the molecule is COc1ccc([N+](=O)[O-])cc1NC(=O)c1ccc(C)c(F)c1. The Bertz CT molecular complexity index is 746. The number of amides is 1. The number of nitro benzene ring substituents is 1. The van der Waals surface area contributed by atoms with Crippen LogP contribution in [0.4, 0.5) is 15.8 Å². The summed E-state index contributed by atoms with van der Waals surface area (Å²) in [6.07, 6.45) is 0. The van der Waals surface area contributed by atoms with Gasteiger partial charge in [0, 0.05) is 17.7 Å². The molecule has 22 heavy (non-hydrogen) atoms. The van der Waals surface area contributed by atoms with Crippen LogP contribution >= 0.6 is 0 Å². The van der Waals surface area contributed by atoms with E-state index < -0.39 is 16.6 Å². The van der Waals surface area contributed by atoms with Crippen LogP contribution < -0.4 is 10.1 Å². The van der Waals surface area contributed by atoms with Gasteiger partial charge in [0.2, 0.25) is 0 Å². The Labute approximate surface area is 125 Å². The molecular formula is C15H13FN2O4. The lowest BCUT2D eigenvalue weighted by Gasteiger charge is -2.10. The Morgan fingerprint density at radius 1 is 1.27 bits per heavy atom. The summed E-state index contributed by atoms with van der Waals surface area (Å²) in [7, 11) is 1.38. The maximum Gasteiger partial charge on any atom is 0.271 e. The van der Waals surface area contributed by atoms with Gasteiger partial charge >= 0.3 is 0 Å². The third-order valence-corrected chi connectivity index (χ3v) is 3.08. The molecule has 6 nitrogen and oxygen atoms in total. The molecule has 2 aromatic carbocycles. The van der Waals surface area contributed by atoms with Gasteiger partial charge in [-0.3, -0.25) is 14.9 Å². The van der Waals surface area contributed by atoms with Gasteiger partial charge in [-0.05, 0) is 30.7 Å². The molecule has 0 spiro atoms. The summed E-state index contributed by atoms with van der Waals surface area (Å²) in [5, 5.41) is 13.3. The van der Waals surface area contributed by atoms with E-state index in [-0.39, 0.29) is 22.7 Å². The standard InChI is InChI=1S/C15H13FN2O4/c1-9-3-4-10(7-12(9)16)15(19)17-13-8-11(18(20)21)5-6-14(13)22-2/h3-8H,1-2H3,(H,17,19). The average molecular weight is 304 g/mol.